The van der Waals surface area contributed by atoms with Gasteiger partial charge in [-0.15, -0.1) is 0 Å². The molecule has 78 valence electrons. The Morgan fingerprint density at radius 1 is 1.21 bits per heavy atom. The summed E-state index contributed by atoms with van der Waals surface area (Å²) >= 11 is 0. The molecule has 1 rings (SSSR count). The summed E-state index contributed by atoms with van der Waals surface area (Å²) in [5.41, 5.74) is 3.31. The SMILES string of the molecule is Cc1cc(N(C)C)c(C(C)C)cc1O. The van der Waals surface area contributed by atoms with E-state index in [1.165, 1.54) is 11.3 Å². The average Bonchev–Trinajstić information content (AvgIpc) is 2.08. The summed E-state index contributed by atoms with van der Waals surface area (Å²) in [6.45, 7) is 6.20. The Kier molecular flexibility index (Phi) is 3.04. The third-order valence-electron chi connectivity index (χ3n) is 2.45. The third-order valence-corrected chi connectivity index (χ3v) is 2.45. The van der Waals surface area contributed by atoms with Crippen molar-refractivity contribution in [2.75, 3.05) is 19.0 Å². The summed E-state index contributed by atoms with van der Waals surface area (Å²) in [4.78, 5) is 2.09. The Bertz CT molecular complexity index is 296. The van der Waals surface area contributed by atoms with Gasteiger partial charge in [-0.05, 0) is 36.1 Å². The first-order valence-corrected chi connectivity index (χ1v) is 4.94. The van der Waals surface area contributed by atoms with Crippen molar-refractivity contribution >= 4 is 5.69 Å². The van der Waals surface area contributed by atoms with Crippen LogP contribution >= 0.6 is 0 Å². The number of phenols is 1. The molecule has 0 fully saturated rings. The van der Waals surface area contributed by atoms with Gasteiger partial charge in [0.25, 0.3) is 0 Å². The number of anilines is 1. The Hall–Kier alpha value is -1.18. The molecule has 2 nitrogen and oxygen atoms in total. The molecule has 0 spiro atoms. The van der Waals surface area contributed by atoms with Crippen LogP contribution in [-0.2, 0) is 0 Å². The predicted molar refractivity (Wildman–Crippen MR) is 61.3 cm³/mol. The molecule has 0 radical (unpaired) electrons. The van der Waals surface area contributed by atoms with Crippen LogP contribution in [0.3, 0.4) is 0 Å². The molecule has 0 unspecified atom stereocenters. The van der Waals surface area contributed by atoms with Gasteiger partial charge in [0, 0.05) is 19.8 Å². The zero-order chi connectivity index (χ0) is 10.9. The van der Waals surface area contributed by atoms with Crippen LogP contribution in [0.25, 0.3) is 0 Å². The molecule has 2 heteroatoms. The van der Waals surface area contributed by atoms with Crippen LogP contribution in [0.2, 0.25) is 0 Å². The number of rotatable bonds is 2. The number of aromatic hydroxyl groups is 1. The first-order chi connectivity index (χ1) is 6.43. The fraction of sp³-hybridized carbons (Fsp3) is 0.500. The van der Waals surface area contributed by atoms with Gasteiger partial charge in [0.1, 0.15) is 5.75 Å². The minimum atomic E-state index is 0.388. The second-order valence-corrected chi connectivity index (χ2v) is 4.25. The van der Waals surface area contributed by atoms with E-state index in [-0.39, 0.29) is 0 Å². The summed E-state index contributed by atoms with van der Waals surface area (Å²) in [5, 5.41) is 9.64. The van der Waals surface area contributed by atoms with Crippen LogP contribution in [0, 0.1) is 6.92 Å². The standard InChI is InChI=1S/C12H19NO/c1-8(2)10-7-12(14)9(3)6-11(10)13(4)5/h6-8,14H,1-5H3. The molecule has 1 aromatic rings. The molecule has 0 aliphatic rings. The highest BCUT2D eigenvalue weighted by Gasteiger charge is 2.11. The highest BCUT2D eigenvalue weighted by atomic mass is 16.3. The molecule has 0 aliphatic heterocycles. The fourth-order valence-electron chi connectivity index (χ4n) is 1.55. The molecule has 0 saturated carbocycles. The molecule has 0 saturated heterocycles. The Morgan fingerprint density at radius 2 is 1.79 bits per heavy atom. The molecule has 0 atom stereocenters. The maximum Gasteiger partial charge on any atom is 0.118 e. The maximum absolute atomic E-state index is 9.64. The van der Waals surface area contributed by atoms with Crippen LogP contribution < -0.4 is 4.90 Å². The Balaban J connectivity index is 3.31. The van der Waals surface area contributed by atoms with Crippen molar-refractivity contribution in [2.45, 2.75) is 26.7 Å². The molecule has 1 aromatic carbocycles. The van der Waals surface area contributed by atoms with E-state index >= 15 is 0 Å². The number of nitrogens with zero attached hydrogens (tertiary/aromatic N) is 1. The van der Waals surface area contributed by atoms with Gasteiger partial charge in [0.05, 0.1) is 0 Å². The molecule has 0 bridgehead atoms. The minimum absolute atomic E-state index is 0.388. The lowest BCUT2D eigenvalue weighted by atomic mass is 9.98. The average molecular weight is 193 g/mol. The van der Waals surface area contributed by atoms with Crippen molar-refractivity contribution in [3.8, 4) is 5.75 Å². The van der Waals surface area contributed by atoms with Gasteiger partial charge in [0.15, 0.2) is 0 Å². The third kappa shape index (κ3) is 2.00. The molecule has 1 N–H and O–H groups in total. The van der Waals surface area contributed by atoms with Crippen LogP contribution in [0.15, 0.2) is 12.1 Å². The number of hydrogen-bond acceptors (Lipinski definition) is 2. The highest BCUT2D eigenvalue weighted by Crippen LogP contribution is 2.32. The zero-order valence-electron chi connectivity index (χ0n) is 9.63. The zero-order valence-corrected chi connectivity index (χ0v) is 9.63. The molecule has 0 aromatic heterocycles. The van der Waals surface area contributed by atoms with E-state index in [4.69, 9.17) is 0 Å². The van der Waals surface area contributed by atoms with Gasteiger partial charge in [0.2, 0.25) is 0 Å². The number of phenolic OH excluding ortho intramolecular Hbond substituents is 1. The summed E-state index contributed by atoms with van der Waals surface area (Å²) in [6.07, 6.45) is 0. The van der Waals surface area contributed by atoms with E-state index in [1.54, 1.807) is 0 Å². The van der Waals surface area contributed by atoms with Gasteiger partial charge in [-0.2, -0.15) is 0 Å². The van der Waals surface area contributed by atoms with E-state index < -0.39 is 0 Å². The second-order valence-electron chi connectivity index (χ2n) is 4.25. The summed E-state index contributed by atoms with van der Waals surface area (Å²) < 4.78 is 0. The second kappa shape index (κ2) is 3.91. The van der Waals surface area contributed by atoms with Crippen molar-refractivity contribution in [2.24, 2.45) is 0 Å². The smallest absolute Gasteiger partial charge is 0.118 e. The topological polar surface area (TPSA) is 23.5 Å². The normalized spacial score (nSPS) is 10.7. The van der Waals surface area contributed by atoms with Crippen LogP contribution in [-0.4, -0.2) is 19.2 Å². The highest BCUT2D eigenvalue weighted by molar-refractivity contribution is 5.59. The molecule has 0 amide bonds. The molecular formula is C12H19NO. The molecule has 0 heterocycles. The lowest BCUT2D eigenvalue weighted by molar-refractivity contribution is 0.470. The number of hydrogen-bond donors (Lipinski definition) is 1. The van der Waals surface area contributed by atoms with Crippen molar-refractivity contribution in [1.29, 1.82) is 0 Å². The lowest BCUT2D eigenvalue weighted by Crippen LogP contribution is -2.12. The van der Waals surface area contributed by atoms with E-state index in [0.29, 0.717) is 11.7 Å². The maximum atomic E-state index is 9.64. The lowest BCUT2D eigenvalue weighted by Gasteiger charge is -2.21. The number of aryl methyl sites for hydroxylation is 1. The van der Waals surface area contributed by atoms with Crippen LogP contribution in [0.4, 0.5) is 5.69 Å². The molecule has 14 heavy (non-hydrogen) atoms. The molecule has 0 aliphatic carbocycles. The van der Waals surface area contributed by atoms with Crippen LogP contribution in [0.1, 0.15) is 30.9 Å². The Labute approximate surface area is 86.2 Å². The monoisotopic (exact) mass is 193 g/mol. The van der Waals surface area contributed by atoms with E-state index in [0.717, 1.165) is 5.56 Å². The van der Waals surface area contributed by atoms with Crippen molar-refractivity contribution in [3.63, 3.8) is 0 Å². The van der Waals surface area contributed by atoms with E-state index in [2.05, 4.69) is 18.7 Å². The minimum Gasteiger partial charge on any atom is -0.508 e. The van der Waals surface area contributed by atoms with Crippen molar-refractivity contribution in [1.82, 2.24) is 0 Å². The van der Waals surface area contributed by atoms with E-state index in [1.807, 2.05) is 33.2 Å². The van der Waals surface area contributed by atoms with E-state index in [9.17, 15) is 5.11 Å². The quantitative estimate of drug-likeness (QED) is 0.780. The fourth-order valence-corrected chi connectivity index (χ4v) is 1.55. The van der Waals surface area contributed by atoms with Gasteiger partial charge < -0.3 is 10.0 Å². The largest absolute Gasteiger partial charge is 0.508 e. The van der Waals surface area contributed by atoms with Gasteiger partial charge >= 0.3 is 0 Å². The van der Waals surface area contributed by atoms with Crippen LogP contribution in [0.5, 0.6) is 5.75 Å². The first kappa shape index (κ1) is 10.9. The summed E-state index contributed by atoms with van der Waals surface area (Å²) in [7, 11) is 4.05. The summed E-state index contributed by atoms with van der Waals surface area (Å²) in [5.74, 6) is 0.818. The molecular weight excluding hydrogens is 174 g/mol. The van der Waals surface area contributed by atoms with Gasteiger partial charge in [-0.1, -0.05) is 13.8 Å². The number of benzene rings is 1. The summed E-state index contributed by atoms with van der Waals surface area (Å²) in [6, 6.07) is 3.90. The van der Waals surface area contributed by atoms with Gasteiger partial charge in [-0.25, -0.2) is 0 Å². The van der Waals surface area contributed by atoms with Crippen molar-refractivity contribution < 1.29 is 5.11 Å². The Morgan fingerprint density at radius 3 is 2.21 bits per heavy atom. The van der Waals surface area contributed by atoms with Gasteiger partial charge in [-0.3, -0.25) is 0 Å². The predicted octanol–water partition coefficient (Wildman–Crippen LogP) is 2.89. The first-order valence-electron chi connectivity index (χ1n) is 4.94. The van der Waals surface area contributed by atoms with Crippen molar-refractivity contribution in [3.05, 3.63) is 23.3 Å².